The van der Waals surface area contributed by atoms with Crippen LogP contribution in [0.5, 0.6) is 0 Å². The zero-order valence-corrected chi connectivity index (χ0v) is 22.9. The maximum Gasteiger partial charge on any atom is 0.137 e. The van der Waals surface area contributed by atoms with E-state index in [9.17, 15) is 0 Å². The Morgan fingerprint density at radius 3 is 1.81 bits per heavy atom. The fourth-order valence-corrected chi connectivity index (χ4v) is 5.97. The van der Waals surface area contributed by atoms with Crippen molar-refractivity contribution in [1.82, 2.24) is 0 Å². The summed E-state index contributed by atoms with van der Waals surface area (Å²) >= 11 is 0. The third kappa shape index (κ3) is 4.22. The van der Waals surface area contributed by atoms with Gasteiger partial charge in [-0.1, -0.05) is 115 Å². The van der Waals surface area contributed by atoms with Gasteiger partial charge in [0.05, 0.1) is 5.69 Å². The molecule has 2 nitrogen and oxygen atoms in total. The van der Waals surface area contributed by atoms with Gasteiger partial charge in [0.2, 0.25) is 0 Å². The number of anilines is 3. The van der Waals surface area contributed by atoms with Crippen molar-refractivity contribution < 1.29 is 4.42 Å². The third-order valence-corrected chi connectivity index (χ3v) is 8.04. The van der Waals surface area contributed by atoms with Gasteiger partial charge in [-0.2, -0.15) is 0 Å². The average Bonchev–Trinajstić information content (AvgIpc) is 3.43. The van der Waals surface area contributed by atoms with Gasteiger partial charge in [-0.3, -0.25) is 0 Å². The van der Waals surface area contributed by atoms with Crippen molar-refractivity contribution in [3.05, 3.63) is 164 Å². The molecule has 0 saturated carbocycles. The fourth-order valence-electron chi connectivity index (χ4n) is 5.97. The summed E-state index contributed by atoms with van der Waals surface area (Å²) in [7, 11) is 0. The van der Waals surface area contributed by atoms with Crippen LogP contribution in [0.3, 0.4) is 0 Å². The van der Waals surface area contributed by atoms with Crippen LogP contribution in [0.4, 0.5) is 17.1 Å². The normalized spacial score (nSPS) is 11.3. The van der Waals surface area contributed by atoms with E-state index in [1.807, 2.05) is 12.1 Å². The van der Waals surface area contributed by atoms with Crippen molar-refractivity contribution in [2.75, 3.05) is 4.90 Å². The molecule has 0 unspecified atom stereocenters. The van der Waals surface area contributed by atoms with Crippen molar-refractivity contribution in [3.8, 4) is 22.3 Å². The molecule has 0 N–H and O–H groups in total. The minimum atomic E-state index is 0.873. The molecule has 1 aromatic heterocycles. The van der Waals surface area contributed by atoms with E-state index in [0.717, 1.165) is 50.1 Å². The van der Waals surface area contributed by atoms with E-state index >= 15 is 0 Å². The molecule has 0 spiro atoms. The summed E-state index contributed by atoms with van der Waals surface area (Å²) in [4.78, 5) is 2.34. The molecule has 0 saturated heterocycles. The second-order valence-electron chi connectivity index (χ2n) is 10.6. The summed E-state index contributed by atoms with van der Waals surface area (Å²) in [5.41, 5.74) is 9.71. The van der Waals surface area contributed by atoms with Gasteiger partial charge in [0.1, 0.15) is 11.2 Å². The highest BCUT2D eigenvalue weighted by Gasteiger charge is 2.21. The van der Waals surface area contributed by atoms with Crippen molar-refractivity contribution in [1.29, 1.82) is 0 Å². The Labute approximate surface area is 244 Å². The lowest BCUT2D eigenvalue weighted by molar-refractivity contribution is 0.669. The van der Waals surface area contributed by atoms with Crippen LogP contribution >= 0.6 is 0 Å². The summed E-state index contributed by atoms with van der Waals surface area (Å²) in [6, 6.07) is 58.0. The summed E-state index contributed by atoms with van der Waals surface area (Å²) in [6.07, 6.45) is 0. The predicted molar refractivity (Wildman–Crippen MR) is 177 cm³/mol. The van der Waals surface area contributed by atoms with Gasteiger partial charge < -0.3 is 9.32 Å². The predicted octanol–water partition coefficient (Wildman–Crippen LogP) is 11.5. The number of nitrogens with zero attached hydrogens (tertiary/aromatic N) is 1. The van der Waals surface area contributed by atoms with E-state index in [4.69, 9.17) is 4.42 Å². The van der Waals surface area contributed by atoms with Crippen molar-refractivity contribution >= 4 is 49.8 Å². The minimum Gasteiger partial charge on any atom is -0.456 e. The molecule has 0 aliphatic rings. The molecule has 1 heterocycles. The number of furan rings is 1. The Hall–Kier alpha value is -5.60. The Morgan fingerprint density at radius 2 is 1.00 bits per heavy atom. The largest absolute Gasteiger partial charge is 0.456 e. The molecule has 0 amide bonds. The molecule has 198 valence electrons. The monoisotopic (exact) mass is 537 g/mol. The molecule has 0 aliphatic carbocycles. The lowest BCUT2D eigenvalue weighted by Gasteiger charge is -2.28. The summed E-state index contributed by atoms with van der Waals surface area (Å²) in [5.74, 6) is 0. The van der Waals surface area contributed by atoms with Crippen molar-refractivity contribution in [2.45, 2.75) is 0 Å². The second-order valence-corrected chi connectivity index (χ2v) is 10.6. The summed E-state index contributed by atoms with van der Waals surface area (Å²) in [6.45, 7) is 0. The fraction of sp³-hybridized carbons (Fsp3) is 0. The van der Waals surface area contributed by atoms with Crippen LogP contribution in [0.25, 0.3) is 55.0 Å². The number of hydrogen-bond donors (Lipinski definition) is 0. The third-order valence-electron chi connectivity index (χ3n) is 8.04. The molecule has 7 aromatic carbocycles. The Bertz CT molecular complexity index is 2180. The molecule has 0 bridgehead atoms. The molecule has 8 aromatic rings. The van der Waals surface area contributed by atoms with Gasteiger partial charge in [0.15, 0.2) is 0 Å². The molecule has 8 rings (SSSR count). The Balaban J connectivity index is 1.39. The van der Waals surface area contributed by atoms with Crippen molar-refractivity contribution in [2.24, 2.45) is 0 Å². The van der Waals surface area contributed by atoms with Crippen LogP contribution < -0.4 is 4.90 Å². The first-order valence-electron chi connectivity index (χ1n) is 14.3. The molecule has 0 atom stereocenters. The van der Waals surface area contributed by atoms with Crippen LogP contribution in [0, 0.1) is 0 Å². The van der Waals surface area contributed by atoms with E-state index in [1.165, 1.54) is 21.9 Å². The molecular weight excluding hydrogens is 510 g/mol. The van der Waals surface area contributed by atoms with E-state index in [1.54, 1.807) is 0 Å². The number of fused-ring (bicyclic) bond motifs is 4. The van der Waals surface area contributed by atoms with Crippen molar-refractivity contribution in [3.63, 3.8) is 0 Å². The standard InChI is InChI=1S/C40H27NO/c1-3-11-28(12-4-1)30-21-23-34(24-22-30)41(33-15-5-2-6-16-33)38-27-40-37(35-17-9-10-18-39(35)42-40)26-36(38)32-20-19-29-13-7-8-14-31(29)25-32/h1-27H. The Morgan fingerprint density at radius 1 is 0.381 bits per heavy atom. The summed E-state index contributed by atoms with van der Waals surface area (Å²) < 4.78 is 6.43. The van der Waals surface area contributed by atoms with E-state index in [0.29, 0.717) is 0 Å². The smallest absolute Gasteiger partial charge is 0.137 e. The highest BCUT2D eigenvalue weighted by atomic mass is 16.3. The quantitative estimate of drug-likeness (QED) is 0.217. The molecule has 2 heteroatoms. The molecular formula is C40H27NO. The second kappa shape index (κ2) is 10.1. The van der Waals surface area contributed by atoms with E-state index in [-0.39, 0.29) is 0 Å². The van der Waals surface area contributed by atoms with E-state index < -0.39 is 0 Å². The van der Waals surface area contributed by atoms with Gasteiger partial charge in [0.25, 0.3) is 0 Å². The lowest BCUT2D eigenvalue weighted by atomic mass is 9.96. The number of benzene rings is 7. The lowest BCUT2D eigenvalue weighted by Crippen LogP contribution is -2.11. The highest BCUT2D eigenvalue weighted by Crippen LogP contribution is 2.45. The first-order valence-corrected chi connectivity index (χ1v) is 14.3. The van der Waals surface area contributed by atoms with Crippen LogP contribution in [-0.2, 0) is 0 Å². The molecule has 0 aliphatic heterocycles. The van der Waals surface area contributed by atoms with Crippen LogP contribution in [0.15, 0.2) is 168 Å². The topological polar surface area (TPSA) is 16.4 Å². The zero-order valence-electron chi connectivity index (χ0n) is 22.9. The van der Waals surface area contributed by atoms with Gasteiger partial charge in [-0.15, -0.1) is 0 Å². The van der Waals surface area contributed by atoms with Gasteiger partial charge in [-0.25, -0.2) is 0 Å². The first-order chi connectivity index (χ1) is 20.8. The Kier molecular flexibility index (Phi) is 5.82. The summed E-state index contributed by atoms with van der Waals surface area (Å²) in [5, 5.41) is 4.69. The minimum absolute atomic E-state index is 0.873. The first kappa shape index (κ1) is 24.2. The number of hydrogen-bond acceptors (Lipinski definition) is 2. The van der Waals surface area contributed by atoms with E-state index in [2.05, 4.69) is 157 Å². The SMILES string of the molecule is c1ccc(-c2ccc(N(c3ccccc3)c3cc4oc5ccccc5c4cc3-c3ccc4ccccc4c3)cc2)cc1. The maximum atomic E-state index is 6.43. The van der Waals surface area contributed by atoms with Gasteiger partial charge in [-0.05, 0) is 69.9 Å². The molecule has 0 radical (unpaired) electrons. The maximum absolute atomic E-state index is 6.43. The number of rotatable bonds is 5. The zero-order chi connectivity index (χ0) is 27.9. The highest BCUT2D eigenvalue weighted by molar-refractivity contribution is 6.09. The van der Waals surface area contributed by atoms with Gasteiger partial charge in [0, 0.05) is 33.8 Å². The average molecular weight is 538 g/mol. The number of para-hydroxylation sites is 2. The molecule has 0 fully saturated rings. The van der Waals surface area contributed by atoms with Crippen LogP contribution in [0.2, 0.25) is 0 Å². The van der Waals surface area contributed by atoms with Crippen LogP contribution in [-0.4, -0.2) is 0 Å². The van der Waals surface area contributed by atoms with Crippen LogP contribution in [0.1, 0.15) is 0 Å². The molecule has 42 heavy (non-hydrogen) atoms. The van der Waals surface area contributed by atoms with Gasteiger partial charge >= 0.3 is 0 Å².